The van der Waals surface area contributed by atoms with Gasteiger partial charge < -0.3 is 14.9 Å². The van der Waals surface area contributed by atoms with Crippen molar-refractivity contribution >= 4 is 11.6 Å². The molecule has 6 heteroatoms. The second-order valence-corrected chi connectivity index (χ2v) is 7.32. The summed E-state index contributed by atoms with van der Waals surface area (Å²) in [5.41, 5.74) is 1.04. The molecule has 5 nitrogen and oxygen atoms in total. The molecule has 1 amide bonds. The monoisotopic (exact) mass is 346 g/mol. The third-order valence-electron chi connectivity index (χ3n) is 5.35. The summed E-state index contributed by atoms with van der Waals surface area (Å²) >= 11 is 0. The van der Waals surface area contributed by atoms with Crippen LogP contribution in [0.1, 0.15) is 44.1 Å². The highest BCUT2D eigenvalue weighted by atomic mass is 19.1. The second-order valence-electron chi connectivity index (χ2n) is 7.32. The fourth-order valence-electron chi connectivity index (χ4n) is 3.66. The van der Waals surface area contributed by atoms with Crippen LogP contribution in [0.25, 0.3) is 0 Å². The van der Waals surface area contributed by atoms with E-state index in [9.17, 15) is 9.18 Å². The largest absolute Gasteiger partial charge is 0.392 e. The van der Waals surface area contributed by atoms with Crippen LogP contribution in [0.15, 0.2) is 29.4 Å². The van der Waals surface area contributed by atoms with Crippen LogP contribution in [0, 0.1) is 11.2 Å². The molecule has 0 bridgehead atoms. The first-order valence-corrected chi connectivity index (χ1v) is 9.02. The Morgan fingerprint density at radius 1 is 1.32 bits per heavy atom. The van der Waals surface area contributed by atoms with Crippen molar-refractivity contribution in [3.63, 3.8) is 0 Å². The molecule has 4 rings (SSSR count). The summed E-state index contributed by atoms with van der Waals surface area (Å²) in [7, 11) is 0. The van der Waals surface area contributed by atoms with E-state index in [4.69, 9.17) is 9.57 Å². The van der Waals surface area contributed by atoms with Gasteiger partial charge in [-0.25, -0.2) is 4.39 Å². The smallest absolute Gasteiger partial charge is 0.226 e. The van der Waals surface area contributed by atoms with E-state index in [-0.39, 0.29) is 17.8 Å². The van der Waals surface area contributed by atoms with Crippen LogP contribution in [0.3, 0.4) is 0 Å². The lowest BCUT2D eigenvalue weighted by Crippen LogP contribution is -2.47. The Balaban J connectivity index is 1.43. The van der Waals surface area contributed by atoms with Crippen LogP contribution in [-0.2, 0) is 14.4 Å². The molecule has 0 spiro atoms. The number of carbonyl (C=O) groups is 1. The highest BCUT2D eigenvalue weighted by molar-refractivity contribution is 6.01. The molecule has 1 aromatic carbocycles. The van der Waals surface area contributed by atoms with Gasteiger partial charge in [0.15, 0.2) is 0 Å². The van der Waals surface area contributed by atoms with Gasteiger partial charge in [0.2, 0.25) is 5.91 Å². The van der Waals surface area contributed by atoms with Crippen molar-refractivity contribution in [1.29, 1.82) is 0 Å². The van der Waals surface area contributed by atoms with Gasteiger partial charge in [0.25, 0.3) is 0 Å². The molecule has 1 N–H and O–H groups in total. The quantitative estimate of drug-likeness (QED) is 0.892. The average Bonchev–Trinajstić information content (AvgIpc) is 3.31. The third kappa shape index (κ3) is 3.68. The SMILES string of the molecule is O=C(NC1CC1)C1(C[C@H]2CC(c3cccc(F)c3)=NO2)CCOCC1. The lowest BCUT2D eigenvalue weighted by atomic mass is 9.74. The van der Waals surface area contributed by atoms with E-state index in [2.05, 4.69) is 10.5 Å². The van der Waals surface area contributed by atoms with Gasteiger partial charge in [0, 0.05) is 37.7 Å². The number of carbonyl (C=O) groups excluding carboxylic acids is 1. The van der Waals surface area contributed by atoms with E-state index in [1.807, 2.05) is 6.07 Å². The standard InChI is InChI=1S/C19H23FN2O3/c20-14-3-1-2-13(10-14)17-11-16(25-22-17)12-19(6-8-24-9-7-19)18(23)21-15-4-5-15/h1-3,10,15-16H,4-9,11-12H2,(H,21,23)/t16-/m1/s1. The van der Waals surface area contributed by atoms with Crippen molar-refractivity contribution in [3.8, 4) is 0 Å². The van der Waals surface area contributed by atoms with Crippen LogP contribution >= 0.6 is 0 Å². The number of halogens is 1. The number of oxime groups is 1. The molecule has 2 fully saturated rings. The minimum atomic E-state index is -0.446. The number of benzene rings is 1. The van der Waals surface area contributed by atoms with Gasteiger partial charge in [-0.15, -0.1) is 0 Å². The molecule has 3 aliphatic rings. The van der Waals surface area contributed by atoms with Gasteiger partial charge in [-0.3, -0.25) is 4.79 Å². The van der Waals surface area contributed by atoms with Crippen molar-refractivity contribution in [2.45, 2.75) is 50.7 Å². The maximum atomic E-state index is 13.4. The van der Waals surface area contributed by atoms with Gasteiger partial charge in [-0.05, 0) is 37.8 Å². The predicted molar refractivity (Wildman–Crippen MR) is 90.7 cm³/mol. The summed E-state index contributed by atoms with van der Waals surface area (Å²) in [6.45, 7) is 1.20. The van der Waals surface area contributed by atoms with E-state index in [0.29, 0.717) is 44.9 Å². The molecule has 1 saturated heterocycles. The van der Waals surface area contributed by atoms with Crippen molar-refractivity contribution in [2.75, 3.05) is 13.2 Å². The fourth-order valence-corrected chi connectivity index (χ4v) is 3.66. The summed E-state index contributed by atoms with van der Waals surface area (Å²) < 4.78 is 18.9. The van der Waals surface area contributed by atoms with E-state index >= 15 is 0 Å². The molecule has 134 valence electrons. The maximum Gasteiger partial charge on any atom is 0.226 e. The number of nitrogens with one attached hydrogen (secondary N) is 1. The van der Waals surface area contributed by atoms with Crippen LogP contribution < -0.4 is 5.32 Å². The van der Waals surface area contributed by atoms with Crippen molar-refractivity contribution in [1.82, 2.24) is 5.32 Å². The molecule has 0 radical (unpaired) electrons. The zero-order valence-corrected chi connectivity index (χ0v) is 14.2. The molecule has 0 aromatic heterocycles. The molecular weight excluding hydrogens is 323 g/mol. The number of amides is 1. The molecule has 1 atom stereocenters. The molecule has 1 aliphatic carbocycles. The Labute approximate surface area is 146 Å². The first kappa shape index (κ1) is 16.5. The topological polar surface area (TPSA) is 59.9 Å². The van der Waals surface area contributed by atoms with Gasteiger partial charge in [-0.1, -0.05) is 17.3 Å². The normalized spacial score (nSPS) is 25.2. The Hall–Kier alpha value is -1.95. The number of rotatable bonds is 5. The number of hydrogen-bond acceptors (Lipinski definition) is 4. The molecular formula is C19H23FN2O3. The zero-order valence-electron chi connectivity index (χ0n) is 14.2. The van der Waals surface area contributed by atoms with E-state index in [1.165, 1.54) is 12.1 Å². The van der Waals surface area contributed by atoms with Crippen LogP contribution in [0.4, 0.5) is 4.39 Å². The van der Waals surface area contributed by atoms with Crippen LogP contribution in [-0.4, -0.2) is 37.0 Å². The molecule has 0 unspecified atom stereocenters. The fraction of sp³-hybridized carbons (Fsp3) is 0.579. The van der Waals surface area contributed by atoms with Crippen LogP contribution in [0.5, 0.6) is 0 Å². The summed E-state index contributed by atoms with van der Waals surface area (Å²) in [6.07, 6.45) is 4.64. The Kier molecular flexibility index (Phi) is 4.46. The molecule has 2 heterocycles. The Morgan fingerprint density at radius 3 is 2.84 bits per heavy atom. The summed E-state index contributed by atoms with van der Waals surface area (Å²) in [4.78, 5) is 18.4. The number of ether oxygens (including phenoxy) is 1. The minimum absolute atomic E-state index is 0.126. The summed E-state index contributed by atoms with van der Waals surface area (Å²) in [5.74, 6) is -0.158. The first-order valence-electron chi connectivity index (χ1n) is 9.02. The molecule has 1 aromatic rings. The van der Waals surface area contributed by atoms with Crippen molar-refractivity contribution < 1.29 is 18.8 Å². The van der Waals surface area contributed by atoms with Gasteiger partial charge in [0.1, 0.15) is 11.9 Å². The molecule has 1 saturated carbocycles. The lowest BCUT2D eigenvalue weighted by molar-refractivity contribution is -0.140. The Bertz CT molecular complexity index is 681. The van der Waals surface area contributed by atoms with Gasteiger partial charge in [0.05, 0.1) is 11.1 Å². The minimum Gasteiger partial charge on any atom is -0.392 e. The summed E-state index contributed by atoms with van der Waals surface area (Å²) in [5, 5.41) is 7.30. The average molecular weight is 346 g/mol. The van der Waals surface area contributed by atoms with E-state index < -0.39 is 5.41 Å². The van der Waals surface area contributed by atoms with Gasteiger partial charge >= 0.3 is 0 Å². The number of hydrogen-bond donors (Lipinski definition) is 1. The first-order chi connectivity index (χ1) is 12.1. The maximum absolute atomic E-state index is 13.4. The van der Waals surface area contributed by atoms with Crippen molar-refractivity contribution in [2.24, 2.45) is 10.6 Å². The highest BCUT2D eigenvalue weighted by Crippen LogP contribution is 2.39. The zero-order chi connectivity index (χ0) is 17.3. The number of nitrogens with zero attached hydrogens (tertiary/aromatic N) is 1. The van der Waals surface area contributed by atoms with E-state index in [0.717, 1.165) is 24.1 Å². The highest BCUT2D eigenvalue weighted by Gasteiger charge is 2.45. The van der Waals surface area contributed by atoms with Crippen LogP contribution in [0.2, 0.25) is 0 Å². The van der Waals surface area contributed by atoms with Gasteiger partial charge in [-0.2, -0.15) is 0 Å². The van der Waals surface area contributed by atoms with Crippen molar-refractivity contribution in [3.05, 3.63) is 35.6 Å². The summed E-state index contributed by atoms with van der Waals surface area (Å²) in [6, 6.07) is 6.72. The Morgan fingerprint density at radius 2 is 2.12 bits per heavy atom. The predicted octanol–water partition coefficient (Wildman–Crippen LogP) is 2.78. The molecule has 25 heavy (non-hydrogen) atoms. The third-order valence-corrected chi connectivity index (χ3v) is 5.35. The van der Waals surface area contributed by atoms with E-state index in [1.54, 1.807) is 6.07 Å². The second kappa shape index (κ2) is 6.75. The molecule has 2 aliphatic heterocycles. The lowest BCUT2D eigenvalue weighted by Gasteiger charge is -2.37.